The van der Waals surface area contributed by atoms with E-state index in [-0.39, 0.29) is 11.7 Å². The number of imidazole rings is 1. The highest BCUT2D eigenvalue weighted by molar-refractivity contribution is 6.09. The number of likely N-dealkylation sites (N-methyl/N-ethyl adjacent to an activating group) is 1. The van der Waals surface area contributed by atoms with Gasteiger partial charge in [-0.3, -0.25) is 4.79 Å². The molecule has 25 heavy (non-hydrogen) atoms. The zero-order chi connectivity index (χ0) is 17.9. The van der Waals surface area contributed by atoms with Gasteiger partial charge in [0.15, 0.2) is 0 Å². The van der Waals surface area contributed by atoms with Gasteiger partial charge in [-0.25, -0.2) is 4.98 Å². The zero-order valence-electron chi connectivity index (χ0n) is 14.9. The third-order valence-electron chi connectivity index (χ3n) is 5.18. The fourth-order valence-electron chi connectivity index (χ4n) is 3.70. The molecule has 0 spiro atoms. The number of hydrogen-bond donors (Lipinski definition) is 1. The molecule has 2 heterocycles. The summed E-state index contributed by atoms with van der Waals surface area (Å²) < 4.78 is 2.04. The Labute approximate surface area is 146 Å². The van der Waals surface area contributed by atoms with E-state index in [1.54, 1.807) is 12.1 Å². The predicted molar refractivity (Wildman–Crippen MR) is 98.9 cm³/mol. The van der Waals surface area contributed by atoms with Crippen LogP contribution in [0.5, 0.6) is 5.75 Å². The monoisotopic (exact) mass is 335 g/mol. The van der Waals surface area contributed by atoms with E-state index in [1.165, 1.54) is 0 Å². The number of amides is 1. The summed E-state index contributed by atoms with van der Waals surface area (Å²) >= 11 is 0. The van der Waals surface area contributed by atoms with Crippen molar-refractivity contribution in [2.45, 2.75) is 26.2 Å². The molecule has 5 heteroatoms. The van der Waals surface area contributed by atoms with E-state index in [0.717, 1.165) is 33.7 Å². The maximum atomic E-state index is 12.7. The average Bonchev–Trinajstić information content (AvgIpc) is 3.00. The van der Waals surface area contributed by atoms with E-state index in [0.29, 0.717) is 6.54 Å². The second kappa shape index (κ2) is 5.09. The topological polar surface area (TPSA) is 58.4 Å². The number of hydrogen-bond acceptors (Lipinski definition) is 3. The number of fused-ring (bicyclic) bond motifs is 2. The second-order valence-corrected chi connectivity index (χ2v) is 7.07. The van der Waals surface area contributed by atoms with Gasteiger partial charge in [-0.15, -0.1) is 0 Å². The molecule has 128 valence electrons. The number of aromatic nitrogens is 2. The average molecular weight is 335 g/mol. The smallest absolute Gasteiger partial charge is 0.237 e. The van der Waals surface area contributed by atoms with E-state index in [2.05, 4.69) is 6.07 Å². The number of aryl methyl sites for hydroxylation is 1. The van der Waals surface area contributed by atoms with Crippen molar-refractivity contribution in [1.82, 2.24) is 9.55 Å². The first-order chi connectivity index (χ1) is 11.8. The SMILES string of the molecule is CCN1C(=O)C(C)(C)c2cc3c(cc21)nc(-c1ccc(O)cc1)n3C. The molecule has 4 rings (SSSR count). The first-order valence-electron chi connectivity index (χ1n) is 8.47. The Kier molecular flexibility index (Phi) is 3.19. The molecule has 1 aromatic heterocycles. The van der Waals surface area contributed by atoms with Gasteiger partial charge in [0, 0.05) is 19.2 Å². The highest BCUT2D eigenvalue weighted by Crippen LogP contribution is 2.43. The summed E-state index contributed by atoms with van der Waals surface area (Å²) in [6.45, 7) is 6.60. The van der Waals surface area contributed by atoms with Crippen LogP contribution in [-0.2, 0) is 17.3 Å². The number of aromatic hydroxyl groups is 1. The van der Waals surface area contributed by atoms with Gasteiger partial charge in [-0.2, -0.15) is 0 Å². The van der Waals surface area contributed by atoms with Crippen LogP contribution in [0.4, 0.5) is 5.69 Å². The van der Waals surface area contributed by atoms with Gasteiger partial charge >= 0.3 is 0 Å². The predicted octanol–water partition coefficient (Wildman–Crippen LogP) is 3.59. The normalized spacial score (nSPS) is 15.8. The van der Waals surface area contributed by atoms with Gasteiger partial charge in [0.05, 0.1) is 22.1 Å². The molecule has 3 aromatic rings. The van der Waals surface area contributed by atoms with Crippen LogP contribution in [0.2, 0.25) is 0 Å². The fraction of sp³-hybridized carbons (Fsp3) is 0.300. The molecule has 0 bridgehead atoms. The maximum Gasteiger partial charge on any atom is 0.237 e. The van der Waals surface area contributed by atoms with Crippen molar-refractivity contribution < 1.29 is 9.90 Å². The maximum absolute atomic E-state index is 12.7. The zero-order valence-corrected chi connectivity index (χ0v) is 14.9. The molecule has 1 aliphatic heterocycles. The van der Waals surface area contributed by atoms with Crippen LogP contribution < -0.4 is 4.90 Å². The molecule has 1 amide bonds. The van der Waals surface area contributed by atoms with Crippen LogP contribution in [-0.4, -0.2) is 27.1 Å². The molecule has 0 fully saturated rings. The molecule has 5 nitrogen and oxygen atoms in total. The summed E-state index contributed by atoms with van der Waals surface area (Å²) in [4.78, 5) is 19.3. The summed E-state index contributed by atoms with van der Waals surface area (Å²) in [7, 11) is 1.98. The highest BCUT2D eigenvalue weighted by Gasteiger charge is 2.43. The van der Waals surface area contributed by atoms with E-state index in [9.17, 15) is 9.90 Å². The molecule has 0 atom stereocenters. The van der Waals surface area contributed by atoms with Crippen LogP contribution in [0.1, 0.15) is 26.3 Å². The van der Waals surface area contributed by atoms with E-state index in [1.807, 2.05) is 55.5 Å². The lowest BCUT2D eigenvalue weighted by Crippen LogP contribution is -2.35. The quantitative estimate of drug-likeness (QED) is 0.778. The van der Waals surface area contributed by atoms with Crippen molar-refractivity contribution in [2.75, 3.05) is 11.4 Å². The number of phenols is 1. The molecular weight excluding hydrogens is 314 g/mol. The molecule has 2 aromatic carbocycles. The summed E-state index contributed by atoms with van der Waals surface area (Å²) in [5.41, 5.74) is 4.29. The van der Waals surface area contributed by atoms with Crippen molar-refractivity contribution in [3.8, 4) is 17.1 Å². The lowest BCUT2D eigenvalue weighted by atomic mass is 9.86. The molecule has 0 unspecified atom stereocenters. The van der Waals surface area contributed by atoms with Gasteiger partial charge in [-0.1, -0.05) is 0 Å². The van der Waals surface area contributed by atoms with Gasteiger partial charge in [0.1, 0.15) is 11.6 Å². The van der Waals surface area contributed by atoms with Crippen molar-refractivity contribution >= 4 is 22.6 Å². The Bertz CT molecular complexity index is 1000. The van der Waals surface area contributed by atoms with Crippen LogP contribution in [0, 0.1) is 0 Å². The summed E-state index contributed by atoms with van der Waals surface area (Å²) in [6.07, 6.45) is 0. The fourth-order valence-corrected chi connectivity index (χ4v) is 3.70. The minimum absolute atomic E-state index is 0.138. The number of benzene rings is 2. The largest absolute Gasteiger partial charge is 0.508 e. The van der Waals surface area contributed by atoms with Crippen LogP contribution in [0.15, 0.2) is 36.4 Å². The van der Waals surface area contributed by atoms with Crippen molar-refractivity contribution in [3.05, 3.63) is 42.0 Å². The summed E-state index contributed by atoms with van der Waals surface area (Å²) in [5, 5.41) is 9.50. The first-order valence-corrected chi connectivity index (χ1v) is 8.47. The number of carbonyl (C=O) groups is 1. The third-order valence-corrected chi connectivity index (χ3v) is 5.18. The Morgan fingerprint density at radius 2 is 1.84 bits per heavy atom. The lowest BCUT2D eigenvalue weighted by molar-refractivity contribution is -0.122. The van der Waals surface area contributed by atoms with Crippen LogP contribution in [0.3, 0.4) is 0 Å². The standard InChI is InChI=1S/C20H21N3O2/c1-5-23-16-11-15-17(10-14(16)20(2,3)19(23)25)22(4)18(21-15)12-6-8-13(24)9-7-12/h6-11,24H,5H2,1-4H3. The molecular formula is C20H21N3O2. The molecule has 1 aliphatic rings. The Morgan fingerprint density at radius 3 is 2.48 bits per heavy atom. The number of phenolic OH excluding ortho intramolecular Hbond substituents is 1. The molecule has 0 saturated carbocycles. The molecule has 1 N–H and O–H groups in total. The number of rotatable bonds is 2. The first kappa shape index (κ1) is 15.7. The third kappa shape index (κ3) is 2.08. The van der Waals surface area contributed by atoms with Crippen molar-refractivity contribution in [2.24, 2.45) is 7.05 Å². The van der Waals surface area contributed by atoms with Gasteiger partial charge < -0.3 is 14.6 Å². The molecule has 0 aliphatic carbocycles. The van der Waals surface area contributed by atoms with Crippen molar-refractivity contribution in [1.29, 1.82) is 0 Å². The minimum atomic E-state index is -0.525. The summed E-state index contributed by atoms with van der Waals surface area (Å²) in [6, 6.07) is 11.1. The Balaban J connectivity index is 1.95. The molecule has 0 saturated heterocycles. The van der Waals surface area contributed by atoms with Gasteiger partial charge in [-0.05, 0) is 62.7 Å². The lowest BCUT2D eigenvalue weighted by Gasteiger charge is -2.18. The van der Waals surface area contributed by atoms with Crippen LogP contribution in [0.25, 0.3) is 22.4 Å². The van der Waals surface area contributed by atoms with Gasteiger partial charge in [0.2, 0.25) is 5.91 Å². The number of anilines is 1. The Hall–Kier alpha value is -2.82. The van der Waals surface area contributed by atoms with Gasteiger partial charge in [0.25, 0.3) is 0 Å². The molecule has 0 radical (unpaired) electrons. The van der Waals surface area contributed by atoms with E-state index >= 15 is 0 Å². The van der Waals surface area contributed by atoms with E-state index < -0.39 is 5.41 Å². The number of nitrogens with zero attached hydrogens (tertiary/aromatic N) is 3. The summed E-state index contributed by atoms with van der Waals surface area (Å²) in [5.74, 6) is 1.21. The highest BCUT2D eigenvalue weighted by atomic mass is 16.3. The minimum Gasteiger partial charge on any atom is -0.508 e. The Morgan fingerprint density at radius 1 is 1.16 bits per heavy atom. The van der Waals surface area contributed by atoms with Crippen LogP contribution >= 0.6 is 0 Å². The number of carbonyl (C=O) groups excluding carboxylic acids is 1. The van der Waals surface area contributed by atoms with Crippen molar-refractivity contribution in [3.63, 3.8) is 0 Å². The second-order valence-electron chi connectivity index (χ2n) is 7.07. The van der Waals surface area contributed by atoms with E-state index in [4.69, 9.17) is 4.98 Å².